The van der Waals surface area contributed by atoms with Gasteiger partial charge in [0.2, 0.25) is 5.43 Å². The van der Waals surface area contributed by atoms with Gasteiger partial charge < -0.3 is 15.0 Å². The lowest BCUT2D eigenvalue weighted by Gasteiger charge is -2.17. The molecule has 0 atom stereocenters. The number of rotatable bonds is 3. The molecule has 138 valence electrons. The summed E-state index contributed by atoms with van der Waals surface area (Å²) in [6.07, 6.45) is 1.42. The number of hydrogen-bond donors (Lipinski definition) is 2. The highest BCUT2D eigenvalue weighted by Gasteiger charge is 2.17. The van der Waals surface area contributed by atoms with Gasteiger partial charge in [-0.25, -0.2) is 0 Å². The number of carbonyl (C=O) groups is 1. The molecule has 0 aliphatic rings. The minimum absolute atomic E-state index is 0.0379. The highest BCUT2D eigenvalue weighted by atomic mass is 16.2. The number of nitrogens with one attached hydrogen (secondary N) is 1. The average molecular weight is 371 g/mol. The molecule has 1 heterocycles. The van der Waals surface area contributed by atoms with Crippen molar-refractivity contribution in [2.45, 2.75) is 6.54 Å². The molecular weight excluding hydrogens is 354 g/mol. The van der Waals surface area contributed by atoms with Crippen molar-refractivity contribution in [1.29, 1.82) is 5.26 Å². The van der Waals surface area contributed by atoms with E-state index >= 15 is 0 Å². The Labute approximate surface area is 161 Å². The van der Waals surface area contributed by atoms with Crippen LogP contribution in [0.15, 0.2) is 53.5 Å². The minimum atomic E-state index is -0.403. The molecule has 1 amide bonds. The quantitative estimate of drug-likeness (QED) is 0.688. The zero-order valence-electron chi connectivity index (χ0n) is 15.2. The van der Waals surface area contributed by atoms with Gasteiger partial charge in [-0.2, -0.15) is 5.26 Å². The van der Waals surface area contributed by atoms with Crippen LogP contribution in [0.2, 0.25) is 0 Å². The summed E-state index contributed by atoms with van der Waals surface area (Å²) >= 11 is 0. The van der Waals surface area contributed by atoms with Crippen molar-refractivity contribution >= 4 is 16.8 Å². The molecule has 2 N–H and O–H groups in total. The first-order valence-corrected chi connectivity index (χ1v) is 8.53. The van der Waals surface area contributed by atoms with Gasteiger partial charge in [-0.3, -0.25) is 9.59 Å². The van der Waals surface area contributed by atoms with Crippen molar-refractivity contribution in [1.82, 2.24) is 9.88 Å². The van der Waals surface area contributed by atoms with Crippen LogP contribution < -0.4 is 5.43 Å². The number of aromatic amines is 1. The molecule has 0 aliphatic carbocycles. The van der Waals surface area contributed by atoms with Crippen LogP contribution in [-0.4, -0.2) is 34.6 Å². The minimum Gasteiger partial charge on any atom is -0.384 e. The maximum absolute atomic E-state index is 12.8. The van der Waals surface area contributed by atoms with Gasteiger partial charge in [-0.15, -0.1) is 0 Å². The smallest absolute Gasteiger partial charge is 0.259 e. The lowest BCUT2D eigenvalue weighted by atomic mass is 10.1. The van der Waals surface area contributed by atoms with Crippen molar-refractivity contribution in [3.05, 3.63) is 81.1 Å². The zero-order chi connectivity index (χ0) is 20.1. The first kappa shape index (κ1) is 18.9. The number of aliphatic hydroxyl groups excluding tert-OH is 1. The fraction of sp³-hybridized carbons (Fsp3) is 0.136. The van der Waals surface area contributed by atoms with Crippen LogP contribution in [0.4, 0.5) is 0 Å². The van der Waals surface area contributed by atoms with Crippen LogP contribution in [0, 0.1) is 23.2 Å². The Hall–Kier alpha value is -3.87. The molecular formula is C22H17N3O3. The highest BCUT2D eigenvalue weighted by molar-refractivity contribution is 5.97. The lowest BCUT2D eigenvalue weighted by Crippen LogP contribution is -2.30. The van der Waals surface area contributed by atoms with Crippen molar-refractivity contribution in [3.8, 4) is 17.9 Å². The summed E-state index contributed by atoms with van der Waals surface area (Å²) in [5.41, 5.74) is 2.25. The van der Waals surface area contributed by atoms with Crippen molar-refractivity contribution in [2.75, 3.05) is 13.7 Å². The monoisotopic (exact) mass is 371 g/mol. The normalized spacial score (nSPS) is 10.0. The number of amides is 1. The van der Waals surface area contributed by atoms with E-state index in [1.165, 1.54) is 11.1 Å². The third kappa shape index (κ3) is 3.93. The van der Waals surface area contributed by atoms with Crippen molar-refractivity contribution in [3.63, 3.8) is 0 Å². The SMILES string of the molecule is CN(Cc1ccc(C#N)cc1)C(=O)c1c[nH]c2ccc(C#CCO)cc2c1=O. The second kappa shape index (κ2) is 8.22. The predicted molar refractivity (Wildman–Crippen MR) is 105 cm³/mol. The highest BCUT2D eigenvalue weighted by Crippen LogP contribution is 2.13. The summed E-state index contributed by atoms with van der Waals surface area (Å²) < 4.78 is 0. The second-order valence-electron chi connectivity index (χ2n) is 6.22. The second-order valence-corrected chi connectivity index (χ2v) is 6.22. The summed E-state index contributed by atoms with van der Waals surface area (Å²) in [4.78, 5) is 30.1. The standard InChI is InChI=1S/C22H17N3O3/c1-25(14-17-6-4-16(12-23)5-7-17)22(28)19-13-24-20-9-8-15(3-2-10-26)11-18(20)21(19)27/h4-9,11,13,26H,10,14H2,1H3,(H,24,27). The van der Waals surface area contributed by atoms with Gasteiger partial charge >= 0.3 is 0 Å². The Bertz CT molecular complexity index is 1190. The molecule has 28 heavy (non-hydrogen) atoms. The van der Waals surface area contributed by atoms with Gasteiger partial charge in [0.15, 0.2) is 0 Å². The number of nitrogens with zero attached hydrogens (tertiary/aromatic N) is 2. The molecule has 0 fully saturated rings. The fourth-order valence-corrected chi connectivity index (χ4v) is 2.83. The lowest BCUT2D eigenvalue weighted by molar-refractivity contribution is 0.0783. The Balaban J connectivity index is 1.90. The van der Waals surface area contributed by atoms with E-state index in [1.807, 2.05) is 6.07 Å². The van der Waals surface area contributed by atoms with E-state index in [9.17, 15) is 9.59 Å². The van der Waals surface area contributed by atoms with Gasteiger partial charge in [0.05, 0.1) is 11.6 Å². The molecule has 0 unspecified atom stereocenters. The Morgan fingerprint density at radius 1 is 1.18 bits per heavy atom. The molecule has 6 nitrogen and oxygen atoms in total. The van der Waals surface area contributed by atoms with E-state index in [0.717, 1.165) is 5.56 Å². The van der Waals surface area contributed by atoms with Crippen LogP contribution in [0.1, 0.15) is 27.0 Å². The first-order valence-electron chi connectivity index (χ1n) is 8.53. The molecule has 0 bridgehead atoms. The van der Waals surface area contributed by atoms with Gasteiger partial charge in [0.1, 0.15) is 12.2 Å². The number of carbonyl (C=O) groups excluding carboxylic acids is 1. The van der Waals surface area contributed by atoms with Crippen LogP contribution in [-0.2, 0) is 6.54 Å². The summed E-state index contributed by atoms with van der Waals surface area (Å²) in [5.74, 6) is 4.89. The first-order chi connectivity index (χ1) is 13.5. The van der Waals surface area contributed by atoms with Crippen molar-refractivity contribution < 1.29 is 9.90 Å². The fourth-order valence-electron chi connectivity index (χ4n) is 2.83. The summed E-state index contributed by atoms with van der Waals surface area (Å²) in [6.45, 7) is 0.0388. The molecule has 0 radical (unpaired) electrons. The predicted octanol–water partition coefficient (Wildman–Crippen LogP) is 2.02. The number of fused-ring (bicyclic) bond motifs is 1. The molecule has 1 aromatic heterocycles. The Kier molecular flexibility index (Phi) is 5.55. The Morgan fingerprint density at radius 3 is 2.57 bits per heavy atom. The maximum Gasteiger partial charge on any atom is 0.259 e. The maximum atomic E-state index is 12.8. The van der Waals surface area contributed by atoms with E-state index in [-0.39, 0.29) is 17.6 Å². The number of nitriles is 1. The number of pyridine rings is 1. The van der Waals surface area contributed by atoms with Crippen molar-refractivity contribution in [2.24, 2.45) is 0 Å². The molecule has 0 aliphatic heterocycles. The summed E-state index contributed by atoms with van der Waals surface area (Å²) in [7, 11) is 1.62. The van der Waals surface area contributed by atoms with Gasteiger partial charge in [0, 0.05) is 36.3 Å². The van der Waals surface area contributed by atoms with Crippen LogP contribution >= 0.6 is 0 Å². The zero-order valence-corrected chi connectivity index (χ0v) is 15.2. The Morgan fingerprint density at radius 2 is 1.89 bits per heavy atom. The van der Waals surface area contributed by atoms with E-state index < -0.39 is 5.91 Å². The number of hydrogen-bond acceptors (Lipinski definition) is 4. The molecule has 0 spiro atoms. The van der Waals surface area contributed by atoms with E-state index in [4.69, 9.17) is 10.4 Å². The number of aliphatic hydroxyl groups is 1. The van der Waals surface area contributed by atoms with E-state index in [2.05, 4.69) is 16.8 Å². The van der Waals surface area contributed by atoms with Crippen LogP contribution in [0.3, 0.4) is 0 Å². The third-order valence-corrected chi connectivity index (χ3v) is 4.27. The largest absolute Gasteiger partial charge is 0.384 e. The number of H-pyrrole nitrogens is 1. The summed E-state index contributed by atoms with van der Waals surface area (Å²) in [6, 6.07) is 14.0. The molecule has 3 rings (SSSR count). The van der Waals surface area contributed by atoms with Gasteiger partial charge in [-0.1, -0.05) is 24.0 Å². The summed E-state index contributed by atoms with van der Waals surface area (Å²) in [5, 5.41) is 18.0. The van der Waals surface area contributed by atoms with Crippen LogP contribution in [0.25, 0.3) is 10.9 Å². The molecule has 6 heteroatoms. The molecule has 0 saturated heterocycles. The number of benzene rings is 2. The average Bonchev–Trinajstić information content (AvgIpc) is 2.72. The van der Waals surface area contributed by atoms with E-state index in [1.54, 1.807) is 49.5 Å². The topological polar surface area (TPSA) is 97.2 Å². The van der Waals surface area contributed by atoms with Gasteiger partial charge in [0.25, 0.3) is 5.91 Å². The van der Waals surface area contributed by atoms with Gasteiger partial charge in [-0.05, 0) is 35.9 Å². The molecule has 3 aromatic rings. The molecule has 2 aromatic carbocycles. The third-order valence-electron chi connectivity index (χ3n) is 4.27. The van der Waals surface area contributed by atoms with Crippen LogP contribution in [0.5, 0.6) is 0 Å². The number of aromatic nitrogens is 1. The van der Waals surface area contributed by atoms with E-state index in [0.29, 0.717) is 28.6 Å². The molecule has 0 saturated carbocycles.